The van der Waals surface area contributed by atoms with E-state index in [0.717, 1.165) is 59.0 Å². The van der Waals surface area contributed by atoms with Crippen LogP contribution in [-0.2, 0) is 11.8 Å². The maximum atomic E-state index is 6.82. The van der Waals surface area contributed by atoms with Crippen molar-refractivity contribution in [1.82, 2.24) is 19.3 Å². The summed E-state index contributed by atoms with van der Waals surface area (Å²) in [5.74, 6) is 2.80. The van der Waals surface area contributed by atoms with E-state index in [9.17, 15) is 0 Å². The van der Waals surface area contributed by atoms with Crippen molar-refractivity contribution in [2.45, 2.75) is 99.8 Å². The Balaban J connectivity index is 1.36. The first-order valence-corrected chi connectivity index (χ1v) is 18.8. The number of pyridine rings is 1. The highest BCUT2D eigenvalue weighted by Crippen LogP contribution is 2.39. The van der Waals surface area contributed by atoms with Crippen LogP contribution >= 0.6 is 0 Å². The van der Waals surface area contributed by atoms with Gasteiger partial charge in [0.1, 0.15) is 17.3 Å². The molecule has 0 aliphatic heterocycles. The summed E-state index contributed by atoms with van der Waals surface area (Å²) in [7, 11) is 0. The minimum atomic E-state index is 0.00589. The van der Waals surface area contributed by atoms with Crippen LogP contribution in [0.1, 0.15) is 99.5 Å². The van der Waals surface area contributed by atoms with Crippen molar-refractivity contribution in [3.05, 3.63) is 130 Å². The SMILES string of the molecule is CCCCc1c(-c2c(C)cc(C)cc2C)c(C)nn1-c1cc(Oc2ccc3c4ccccc4n(-c4cc(C(C)(C)C)ccn4)c3c2)cc(C(C)C)c1. The van der Waals surface area contributed by atoms with Gasteiger partial charge in [0.2, 0.25) is 0 Å². The van der Waals surface area contributed by atoms with E-state index < -0.39 is 0 Å². The van der Waals surface area contributed by atoms with Crippen molar-refractivity contribution in [3.8, 4) is 34.1 Å². The summed E-state index contributed by atoms with van der Waals surface area (Å²) in [6.07, 6.45) is 5.09. The summed E-state index contributed by atoms with van der Waals surface area (Å²) < 4.78 is 11.3. The van der Waals surface area contributed by atoms with Crippen molar-refractivity contribution in [2.75, 3.05) is 0 Å². The molecule has 5 nitrogen and oxygen atoms in total. The quantitative estimate of drug-likeness (QED) is 0.152. The topological polar surface area (TPSA) is 44.9 Å². The van der Waals surface area contributed by atoms with E-state index in [2.05, 4.69) is 163 Å². The average Bonchev–Trinajstić information content (AvgIpc) is 3.60. The van der Waals surface area contributed by atoms with E-state index in [1.807, 2.05) is 6.20 Å². The van der Waals surface area contributed by atoms with Gasteiger partial charge >= 0.3 is 0 Å². The minimum Gasteiger partial charge on any atom is -0.457 e. The van der Waals surface area contributed by atoms with Gasteiger partial charge in [0.25, 0.3) is 0 Å². The average molecular weight is 689 g/mol. The van der Waals surface area contributed by atoms with Gasteiger partial charge in [0, 0.05) is 34.7 Å². The minimum absolute atomic E-state index is 0.00589. The zero-order valence-electron chi connectivity index (χ0n) is 32.6. The number of benzene rings is 4. The van der Waals surface area contributed by atoms with Crippen LogP contribution in [0.2, 0.25) is 0 Å². The molecule has 52 heavy (non-hydrogen) atoms. The Bertz CT molecular complexity index is 2410. The lowest BCUT2D eigenvalue weighted by atomic mass is 9.88. The second-order valence-electron chi connectivity index (χ2n) is 15.9. The highest BCUT2D eigenvalue weighted by atomic mass is 16.5. The maximum Gasteiger partial charge on any atom is 0.137 e. The van der Waals surface area contributed by atoms with Gasteiger partial charge in [-0.1, -0.05) is 83.9 Å². The zero-order valence-corrected chi connectivity index (χ0v) is 32.6. The molecule has 0 spiro atoms. The molecule has 0 atom stereocenters. The van der Waals surface area contributed by atoms with Gasteiger partial charge < -0.3 is 4.74 Å². The molecule has 0 radical (unpaired) electrons. The zero-order chi connectivity index (χ0) is 36.9. The van der Waals surface area contributed by atoms with Crippen molar-refractivity contribution in [2.24, 2.45) is 0 Å². The number of ether oxygens (including phenoxy) is 1. The molecule has 3 aromatic heterocycles. The fourth-order valence-electron chi connectivity index (χ4n) is 7.79. The van der Waals surface area contributed by atoms with Crippen LogP contribution in [0.15, 0.2) is 91.1 Å². The van der Waals surface area contributed by atoms with Crippen molar-refractivity contribution in [1.29, 1.82) is 0 Å². The number of para-hydroxylation sites is 1. The van der Waals surface area contributed by atoms with Crippen molar-refractivity contribution >= 4 is 21.8 Å². The number of fused-ring (bicyclic) bond motifs is 3. The molecular formula is C47H52N4O. The molecule has 0 aliphatic carbocycles. The molecule has 0 bridgehead atoms. The van der Waals surface area contributed by atoms with Crippen LogP contribution < -0.4 is 4.74 Å². The molecule has 4 aromatic carbocycles. The molecule has 0 fully saturated rings. The Labute approximate surface area is 309 Å². The molecule has 7 aromatic rings. The highest BCUT2D eigenvalue weighted by Gasteiger charge is 2.23. The predicted molar refractivity (Wildman–Crippen MR) is 218 cm³/mol. The number of unbranched alkanes of at least 4 members (excludes halogenated alkanes) is 1. The lowest BCUT2D eigenvalue weighted by molar-refractivity contribution is 0.481. The summed E-state index contributed by atoms with van der Waals surface area (Å²) in [6, 6.07) is 30.5. The Hall–Kier alpha value is -5.16. The summed E-state index contributed by atoms with van der Waals surface area (Å²) in [4.78, 5) is 4.87. The first kappa shape index (κ1) is 35.3. The Morgan fingerprint density at radius 3 is 2.19 bits per heavy atom. The van der Waals surface area contributed by atoms with E-state index >= 15 is 0 Å². The fraction of sp³-hybridized carbons (Fsp3) is 0.319. The van der Waals surface area contributed by atoms with Crippen molar-refractivity contribution in [3.63, 3.8) is 0 Å². The molecule has 0 saturated heterocycles. The maximum absolute atomic E-state index is 6.82. The Morgan fingerprint density at radius 2 is 1.48 bits per heavy atom. The standard InChI is InChI=1S/C47H52N4O/c1-11-12-16-42-46(45-31(5)22-30(4)23-32(45)6)33(7)49-51(42)36-24-34(29(2)3)25-38(27-36)52-37-18-19-40-39-15-13-14-17-41(39)50(43(40)28-37)44-26-35(20-21-48-44)47(8,9)10/h13-15,17-29H,11-12,16H2,1-10H3. The number of rotatable bonds is 9. The summed E-state index contributed by atoms with van der Waals surface area (Å²) in [6.45, 7) is 22.3. The Kier molecular flexibility index (Phi) is 9.33. The first-order chi connectivity index (χ1) is 24.8. The molecule has 5 heteroatoms. The first-order valence-electron chi connectivity index (χ1n) is 18.8. The van der Waals surface area contributed by atoms with E-state index in [-0.39, 0.29) is 5.41 Å². The largest absolute Gasteiger partial charge is 0.457 e. The highest BCUT2D eigenvalue weighted by molar-refractivity contribution is 6.09. The molecule has 7 rings (SSSR count). The van der Waals surface area contributed by atoms with E-state index in [1.54, 1.807) is 0 Å². The molecule has 0 N–H and O–H groups in total. The number of hydrogen-bond acceptors (Lipinski definition) is 3. The van der Waals surface area contributed by atoms with E-state index in [1.165, 1.54) is 55.4 Å². The van der Waals surface area contributed by atoms with Gasteiger partial charge in [0.15, 0.2) is 0 Å². The molecule has 266 valence electrons. The summed E-state index contributed by atoms with van der Waals surface area (Å²) in [5, 5.41) is 7.61. The number of nitrogens with zero attached hydrogens (tertiary/aromatic N) is 4. The second-order valence-corrected chi connectivity index (χ2v) is 15.9. The van der Waals surface area contributed by atoms with Crippen LogP contribution in [0.25, 0.3) is 44.4 Å². The molecule has 0 aliphatic rings. The fourth-order valence-corrected chi connectivity index (χ4v) is 7.79. The third-order valence-corrected chi connectivity index (χ3v) is 10.4. The van der Waals surface area contributed by atoms with Crippen LogP contribution in [0.5, 0.6) is 11.5 Å². The number of aryl methyl sites for hydroxylation is 4. The van der Waals surface area contributed by atoms with Crippen LogP contribution in [0, 0.1) is 27.7 Å². The Morgan fingerprint density at radius 1 is 0.750 bits per heavy atom. The molecular weight excluding hydrogens is 637 g/mol. The van der Waals surface area contributed by atoms with Gasteiger partial charge in [-0.3, -0.25) is 4.57 Å². The monoisotopic (exact) mass is 688 g/mol. The van der Waals surface area contributed by atoms with Gasteiger partial charge in [-0.2, -0.15) is 5.10 Å². The summed E-state index contributed by atoms with van der Waals surface area (Å²) in [5.41, 5.74) is 14.5. The number of aromatic nitrogens is 4. The van der Waals surface area contributed by atoms with Crippen LogP contribution in [0.3, 0.4) is 0 Å². The van der Waals surface area contributed by atoms with E-state index in [0.29, 0.717) is 5.92 Å². The van der Waals surface area contributed by atoms with Gasteiger partial charge in [0.05, 0.1) is 28.1 Å². The predicted octanol–water partition coefficient (Wildman–Crippen LogP) is 12.8. The molecule has 0 saturated carbocycles. The lowest BCUT2D eigenvalue weighted by Gasteiger charge is -2.20. The van der Waals surface area contributed by atoms with Gasteiger partial charge in [-0.15, -0.1) is 0 Å². The van der Waals surface area contributed by atoms with Crippen molar-refractivity contribution < 1.29 is 4.74 Å². The normalized spacial score (nSPS) is 12.1. The third-order valence-electron chi connectivity index (χ3n) is 10.4. The van der Waals surface area contributed by atoms with Crippen LogP contribution in [-0.4, -0.2) is 19.3 Å². The van der Waals surface area contributed by atoms with Gasteiger partial charge in [-0.25, -0.2) is 9.67 Å². The lowest BCUT2D eigenvalue weighted by Crippen LogP contribution is -2.12. The third kappa shape index (κ3) is 6.53. The van der Waals surface area contributed by atoms with Crippen LogP contribution in [0.4, 0.5) is 0 Å². The molecule has 0 amide bonds. The second kappa shape index (κ2) is 13.8. The molecule has 0 unspecified atom stereocenters. The smallest absolute Gasteiger partial charge is 0.137 e. The van der Waals surface area contributed by atoms with E-state index in [4.69, 9.17) is 14.8 Å². The van der Waals surface area contributed by atoms with Gasteiger partial charge in [-0.05, 0) is 122 Å². The summed E-state index contributed by atoms with van der Waals surface area (Å²) >= 11 is 0. The molecule has 3 heterocycles. The number of hydrogen-bond donors (Lipinski definition) is 0.